The van der Waals surface area contributed by atoms with Crippen LogP contribution in [-0.4, -0.2) is 38.4 Å². The first-order valence-corrected chi connectivity index (χ1v) is 9.96. The van der Waals surface area contributed by atoms with E-state index in [9.17, 15) is 22.8 Å². The van der Waals surface area contributed by atoms with Crippen LogP contribution in [0.2, 0.25) is 0 Å². The highest BCUT2D eigenvalue weighted by atomic mass is 19.4. The second-order valence-corrected chi connectivity index (χ2v) is 6.65. The van der Waals surface area contributed by atoms with Crippen LogP contribution in [0.5, 0.6) is 0 Å². The summed E-state index contributed by atoms with van der Waals surface area (Å²) in [5, 5.41) is 2.94. The fraction of sp³-hybridized carbons (Fsp3) is 0.455. The van der Waals surface area contributed by atoms with Crippen molar-refractivity contribution in [1.29, 1.82) is 0 Å². The first-order valence-electron chi connectivity index (χ1n) is 9.96. The summed E-state index contributed by atoms with van der Waals surface area (Å²) in [5.41, 5.74) is -0.858. The van der Waals surface area contributed by atoms with Gasteiger partial charge in [0.1, 0.15) is 0 Å². The molecule has 9 heteroatoms. The van der Waals surface area contributed by atoms with E-state index in [0.717, 1.165) is 6.07 Å². The Labute approximate surface area is 179 Å². The lowest BCUT2D eigenvalue weighted by Gasteiger charge is -2.32. The van der Waals surface area contributed by atoms with Crippen LogP contribution in [0.15, 0.2) is 46.8 Å². The number of ether oxygens (including phenoxy) is 3. The summed E-state index contributed by atoms with van der Waals surface area (Å²) in [7, 11) is 0. The van der Waals surface area contributed by atoms with Crippen molar-refractivity contribution in [2.75, 3.05) is 26.4 Å². The molecule has 0 radical (unpaired) electrons. The van der Waals surface area contributed by atoms with Crippen LogP contribution >= 0.6 is 0 Å². The monoisotopic (exact) mass is 441 g/mol. The van der Waals surface area contributed by atoms with E-state index in [4.69, 9.17) is 14.2 Å². The maximum Gasteiger partial charge on any atom is 0.416 e. The third-order valence-electron chi connectivity index (χ3n) is 4.66. The highest BCUT2D eigenvalue weighted by Gasteiger charge is 2.43. The smallest absolute Gasteiger partial charge is 0.416 e. The standard InChI is InChI=1S/C22H26F3NO5/c1-5-29-12-16-19(21(28)31-7-3)18(17(13(4)26-16)20(27)30-6-2)14-10-8-9-11-15(14)22(23,24)25/h8-11,18,26H,5-7,12H2,1-4H3. The molecule has 1 aliphatic heterocycles. The molecular weight excluding hydrogens is 415 g/mol. The number of hydrogen-bond acceptors (Lipinski definition) is 6. The van der Waals surface area contributed by atoms with Gasteiger partial charge in [-0.15, -0.1) is 0 Å². The first kappa shape index (κ1) is 24.5. The molecule has 170 valence electrons. The molecule has 1 aromatic carbocycles. The topological polar surface area (TPSA) is 73.9 Å². The van der Waals surface area contributed by atoms with Crippen LogP contribution in [0.25, 0.3) is 0 Å². The molecule has 0 spiro atoms. The number of esters is 2. The van der Waals surface area contributed by atoms with Gasteiger partial charge in [-0.05, 0) is 39.3 Å². The lowest BCUT2D eigenvalue weighted by atomic mass is 9.78. The van der Waals surface area contributed by atoms with Crippen molar-refractivity contribution in [3.8, 4) is 0 Å². The van der Waals surface area contributed by atoms with E-state index in [1.54, 1.807) is 27.7 Å². The predicted molar refractivity (Wildman–Crippen MR) is 107 cm³/mol. The number of nitrogens with one attached hydrogen (secondary N) is 1. The Morgan fingerprint density at radius 3 is 2.10 bits per heavy atom. The van der Waals surface area contributed by atoms with Gasteiger partial charge in [-0.3, -0.25) is 0 Å². The van der Waals surface area contributed by atoms with E-state index in [1.165, 1.54) is 18.2 Å². The van der Waals surface area contributed by atoms with Crippen LogP contribution in [0.3, 0.4) is 0 Å². The second kappa shape index (κ2) is 10.5. The fourth-order valence-electron chi connectivity index (χ4n) is 3.46. The van der Waals surface area contributed by atoms with Crippen molar-refractivity contribution >= 4 is 11.9 Å². The molecule has 31 heavy (non-hydrogen) atoms. The molecule has 2 rings (SSSR count). The SMILES string of the molecule is CCOCC1=C(C(=O)OCC)C(c2ccccc2C(F)(F)F)C(C(=O)OCC)=C(C)N1. The van der Waals surface area contributed by atoms with E-state index in [-0.39, 0.29) is 47.9 Å². The maximum atomic E-state index is 13.8. The molecule has 1 aliphatic rings. The maximum absolute atomic E-state index is 13.8. The quantitative estimate of drug-likeness (QED) is 0.613. The predicted octanol–water partition coefficient (Wildman–Crippen LogP) is 4.08. The molecule has 0 saturated heterocycles. The van der Waals surface area contributed by atoms with Crippen molar-refractivity contribution in [2.24, 2.45) is 0 Å². The molecule has 1 unspecified atom stereocenters. The number of alkyl halides is 3. The third-order valence-corrected chi connectivity index (χ3v) is 4.66. The van der Waals surface area contributed by atoms with E-state index < -0.39 is 29.6 Å². The number of hydrogen-bond donors (Lipinski definition) is 1. The lowest BCUT2D eigenvalue weighted by molar-refractivity contribution is -0.142. The normalized spacial score (nSPS) is 16.8. The van der Waals surface area contributed by atoms with Gasteiger partial charge in [0.05, 0.1) is 48.1 Å². The molecule has 0 bridgehead atoms. The number of carbonyl (C=O) groups excluding carboxylic acids is 2. The minimum absolute atomic E-state index is 0.00925. The number of benzene rings is 1. The van der Waals surface area contributed by atoms with Gasteiger partial charge < -0.3 is 19.5 Å². The summed E-state index contributed by atoms with van der Waals surface area (Å²) >= 11 is 0. The van der Waals surface area contributed by atoms with Gasteiger partial charge in [-0.2, -0.15) is 13.2 Å². The van der Waals surface area contributed by atoms with Crippen molar-refractivity contribution in [3.05, 3.63) is 57.9 Å². The number of rotatable bonds is 8. The van der Waals surface area contributed by atoms with Crippen LogP contribution in [-0.2, 0) is 30.0 Å². The summed E-state index contributed by atoms with van der Waals surface area (Å²) in [4.78, 5) is 25.7. The molecular formula is C22H26F3NO5. The Morgan fingerprint density at radius 2 is 1.55 bits per heavy atom. The van der Waals surface area contributed by atoms with Gasteiger partial charge in [-0.1, -0.05) is 18.2 Å². The van der Waals surface area contributed by atoms with Gasteiger partial charge in [-0.25, -0.2) is 9.59 Å². The Morgan fingerprint density at radius 1 is 0.968 bits per heavy atom. The van der Waals surface area contributed by atoms with E-state index in [0.29, 0.717) is 6.61 Å². The lowest BCUT2D eigenvalue weighted by Crippen LogP contribution is -2.35. The number of allylic oxidation sites excluding steroid dienone is 1. The van der Waals surface area contributed by atoms with Gasteiger partial charge in [0.2, 0.25) is 0 Å². The summed E-state index contributed by atoms with van der Waals surface area (Å²) in [6, 6.07) is 4.85. The molecule has 0 aromatic heterocycles. The summed E-state index contributed by atoms with van der Waals surface area (Å²) in [6.45, 7) is 6.75. The number of halogens is 3. The minimum Gasteiger partial charge on any atom is -0.463 e. The Balaban J connectivity index is 2.83. The fourth-order valence-corrected chi connectivity index (χ4v) is 3.46. The Kier molecular flexibility index (Phi) is 8.27. The molecule has 0 aliphatic carbocycles. The van der Waals surface area contributed by atoms with Crippen molar-refractivity contribution < 1.29 is 37.0 Å². The zero-order valence-corrected chi connectivity index (χ0v) is 17.9. The number of dihydropyridines is 1. The van der Waals surface area contributed by atoms with E-state index in [2.05, 4.69) is 5.32 Å². The van der Waals surface area contributed by atoms with Gasteiger partial charge in [0, 0.05) is 12.3 Å². The average molecular weight is 441 g/mol. The Hall–Kier alpha value is -2.81. The van der Waals surface area contributed by atoms with Crippen LogP contribution in [0.4, 0.5) is 13.2 Å². The number of carbonyl (C=O) groups is 2. The van der Waals surface area contributed by atoms with E-state index in [1.807, 2.05) is 0 Å². The van der Waals surface area contributed by atoms with Crippen LogP contribution in [0.1, 0.15) is 44.7 Å². The molecule has 0 fully saturated rings. The van der Waals surface area contributed by atoms with Gasteiger partial charge >= 0.3 is 18.1 Å². The molecule has 1 N–H and O–H groups in total. The van der Waals surface area contributed by atoms with Crippen molar-refractivity contribution in [3.63, 3.8) is 0 Å². The highest BCUT2D eigenvalue weighted by molar-refractivity contribution is 6.00. The second-order valence-electron chi connectivity index (χ2n) is 6.65. The molecule has 0 amide bonds. The molecule has 0 saturated carbocycles. The summed E-state index contributed by atoms with van der Waals surface area (Å²) in [6.07, 6.45) is -4.70. The molecule has 6 nitrogen and oxygen atoms in total. The van der Waals surface area contributed by atoms with Crippen LogP contribution in [0, 0.1) is 0 Å². The third kappa shape index (κ3) is 5.46. The molecule has 1 atom stereocenters. The molecule has 1 heterocycles. The highest BCUT2D eigenvalue weighted by Crippen LogP contribution is 2.44. The average Bonchev–Trinajstić information content (AvgIpc) is 2.71. The summed E-state index contributed by atoms with van der Waals surface area (Å²) < 4.78 is 57.2. The molecule has 1 aromatic rings. The largest absolute Gasteiger partial charge is 0.463 e. The Bertz CT molecular complexity index is 889. The van der Waals surface area contributed by atoms with Crippen molar-refractivity contribution in [1.82, 2.24) is 5.32 Å². The van der Waals surface area contributed by atoms with Gasteiger partial charge in [0.25, 0.3) is 0 Å². The summed E-state index contributed by atoms with van der Waals surface area (Å²) in [5.74, 6) is -2.99. The van der Waals surface area contributed by atoms with Crippen molar-refractivity contribution in [2.45, 2.75) is 39.8 Å². The van der Waals surface area contributed by atoms with Crippen LogP contribution < -0.4 is 5.32 Å². The minimum atomic E-state index is -4.70. The van der Waals surface area contributed by atoms with Gasteiger partial charge in [0.15, 0.2) is 0 Å². The zero-order chi connectivity index (χ0) is 23.2. The zero-order valence-electron chi connectivity index (χ0n) is 17.9. The van der Waals surface area contributed by atoms with E-state index >= 15 is 0 Å². The first-order chi connectivity index (χ1) is 14.7.